The van der Waals surface area contributed by atoms with Gasteiger partial charge in [0.1, 0.15) is 24.6 Å². The molecular weight excluding hydrogens is 461 g/mol. The lowest BCUT2D eigenvalue weighted by Crippen LogP contribution is -2.30. The molecule has 0 aliphatic heterocycles. The molecule has 0 bridgehead atoms. The molecule has 7 rings (SSSR count). The van der Waals surface area contributed by atoms with Crippen molar-refractivity contribution in [3.8, 4) is 23.0 Å². The van der Waals surface area contributed by atoms with Crippen LogP contribution in [0.2, 0.25) is 0 Å². The summed E-state index contributed by atoms with van der Waals surface area (Å²) in [5, 5.41) is 13.4. The number of hydrogen-bond acceptors (Lipinski definition) is 2. The summed E-state index contributed by atoms with van der Waals surface area (Å²) in [6.45, 7) is 1.90. The number of benzene rings is 4. The van der Waals surface area contributed by atoms with Gasteiger partial charge >= 0.3 is 0 Å². The molecule has 37 heavy (non-hydrogen) atoms. The third-order valence-corrected chi connectivity index (χ3v) is 7.27. The van der Waals surface area contributed by atoms with Crippen molar-refractivity contribution in [1.29, 1.82) is 5.26 Å². The molecule has 0 fully saturated rings. The van der Waals surface area contributed by atoms with Crippen LogP contribution in [0.3, 0.4) is 0 Å². The number of rotatable bonds is 2. The molecule has 0 radical (unpaired) electrons. The third kappa shape index (κ3) is 2.90. The summed E-state index contributed by atoms with van der Waals surface area (Å²) >= 11 is 0. The standard InChI is InChI=1S/C32H21FN3O/c1-19-17-24(33)29-23-15-14-20(18-34)30(31(23)37-32(29)28(19)27-13-7-8-16-35(27)2)36-25-11-5-3-9-21(25)22-10-4-6-12-26(22)36/h3-17H,1-2H3/q+1. The summed E-state index contributed by atoms with van der Waals surface area (Å²) in [6, 6.07) is 29.6. The van der Waals surface area contributed by atoms with Crippen LogP contribution in [0.5, 0.6) is 0 Å². The molecule has 0 saturated carbocycles. The fraction of sp³-hybridized carbons (Fsp3) is 0.0625. The maximum atomic E-state index is 15.6. The number of aromatic nitrogens is 2. The van der Waals surface area contributed by atoms with E-state index in [0.717, 1.165) is 38.6 Å². The number of aryl methyl sites for hydroxylation is 2. The molecule has 0 aliphatic carbocycles. The molecule has 0 amide bonds. The summed E-state index contributed by atoms with van der Waals surface area (Å²) in [5.41, 5.74) is 6.50. The fourth-order valence-corrected chi connectivity index (χ4v) is 5.65. The minimum absolute atomic E-state index is 0.341. The van der Waals surface area contributed by atoms with Crippen molar-refractivity contribution in [2.24, 2.45) is 7.05 Å². The predicted molar refractivity (Wildman–Crippen MR) is 144 cm³/mol. The number of hydrogen-bond donors (Lipinski definition) is 0. The number of halogens is 1. The molecule has 5 heteroatoms. The zero-order valence-corrected chi connectivity index (χ0v) is 20.3. The molecule has 0 N–H and O–H groups in total. The summed E-state index contributed by atoms with van der Waals surface area (Å²) < 4.78 is 26.3. The minimum Gasteiger partial charge on any atom is -0.453 e. The lowest BCUT2D eigenvalue weighted by atomic mass is 9.99. The van der Waals surface area contributed by atoms with E-state index in [1.54, 1.807) is 18.2 Å². The highest BCUT2D eigenvalue weighted by Crippen LogP contribution is 2.43. The van der Waals surface area contributed by atoms with E-state index >= 15 is 4.39 Å². The largest absolute Gasteiger partial charge is 0.453 e. The van der Waals surface area contributed by atoms with E-state index in [1.165, 1.54) is 0 Å². The van der Waals surface area contributed by atoms with Gasteiger partial charge in [0, 0.05) is 28.3 Å². The number of para-hydroxylation sites is 2. The number of furan rings is 1. The van der Waals surface area contributed by atoms with E-state index in [0.29, 0.717) is 33.2 Å². The Morgan fingerprint density at radius 3 is 2.19 bits per heavy atom. The first-order valence-corrected chi connectivity index (χ1v) is 12.1. The van der Waals surface area contributed by atoms with Crippen molar-refractivity contribution in [3.63, 3.8) is 0 Å². The Hall–Kier alpha value is -4.95. The Labute approximate surface area is 212 Å². The van der Waals surface area contributed by atoms with Crippen LogP contribution in [0.4, 0.5) is 4.39 Å². The monoisotopic (exact) mass is 482 g/mol. The van der Waals surface area contributed by atoms with Crippen molar-refractivity contribution in [3.05, 3.63) is 108 Å². The highest BCUT2D eigenvalue weighted by molar-refractivity contribution is 6.15. The number of fused-ring (bicyclic) bond motifs is 6. The second kappa shape index (κ2) is 7.78. The van der Waals surface area contributed by atoms with Gasteiger partial charge in [0.15, 0.2) is 17.4 Å². The van der Waals surface area contributed by atoms with Gasteiger partial charge in [-0.2, -0.15) is 5.26 Å². The van der Waals surface area contributed by atoms with E-state index in [1.807, 2.05) is 79.3 Å². The van der Waals surface area contributed by atoms with Gasteiger partial charge in [-0.25, -0.2) is 8.96 Å². The fourth-order valence-electron chi connectivity index (χ4n) is 5.65. The van der Waals surface area contributed by atoms with E-state index in [9.17, 15) is 5.26 Å². The molecule has 3 aromatic heterocycles. The molecular formula is C32H21FN3O+. The van der Waals surface area contributed by atoms with Gasteiger partial charge in [0.2, 0.25) is 5.69 Å². The SMILES string of the molecule is Cc1cc(F)c2c(oc3c(-n4c5ccccc5c5ccccc54)c(C#N)ccc32)c1-c1cccc[n+]1C. The molecule has 4 nitrogen and oxygen atoms in total. The second-order valence-electron chi connectivity index (χ2n) is 9.37. The highest BCUT2D eigenvalue weighted by atomic mass is 19.1. The lowest BCUT2D eigenvalue weighted by Gasteiger charge is -2.10. The molecule has 176 valence electrons. The second-order valence-corrected chi connectivity index (χ2v) is 9.37. The van der Waals surface area contributed by atoms with Gasteiger partial charge in [0.05, 0.1) is 27.5 Å². The number of nitriles is 1. The first kappa shape index (κ1) is 21.3. The van der Waals surface area contributed by atoms with Crippen LogP contribution >= 0.6 is 0 Å². The maximum Gasteiger partial charge on any atom is 0.216 e. The minimum atomic E-state index is -0.341. The van der Waals surface area contributed by atoms with E-state index in [4.69, 9.17) is 4.42 Å². The molecule has 3 heterocycles. The van der Waals surface area contributed by atoms with Crippen molar-refractivity contribution in [2.45, 2.75) is 6.92 Å². The molecule has 0 saturated heterocycles. The molecule has 0 unspecified atom stereocenters. The van der Waals surface area contributed by atoms with Crippen molar-refractivity contribution < 1.29 is 13.4 Å². The quantitative estimate of drug-likeness (QED) is 0.240. The maximum absolute atomic E-state index is 15.6. The van der Waals surface area contributed by atoms with Crippen LogP contribution in [0, 0.1) is 24.1 Å². The van der Waals surface area contributed by atoms with Gasteiger partial charge in [-0.05, 0) is 48.9 Å². The van der Waals surface area contributed by atoms with E-state index in [2.05, 4.69) is 22.8 Å². The lowest BCUT2D eigenvalue weighted by molar-refractivity contribution is -0.660. The number of nitrogens with zero attached hydrogens (tertiary/aromatic N) is 3. The molecule has 7 aromatic rings. The average molecular weight is 483 g/mol. The van der Waals surface area contributed by atoms with Gasteiger partial charge < -0.3 is 8.98 Å². The van der Waals surface area contributed by atoms with Gasteiger partial charge in [-0.15, -0.1) is 0 Å². The van der Waals surface area contributed by atoms with Crippen LogP contribution in [0.1, 0.15) is 11.1 Å². The van der Waals surface area contributed by atoms with E-state index in [-0.39, 0.29) is 5.82 Å². The van der Waals surface area contributed by atoms with Gasteiger partial charge in [0.25, 0.3) is 0 Å². The Balaban J connectivity index is 1.70. The van der Waals surface area contributed by atoms with E-state index < -0.39 is 0 Å². The molecule has 0 spiro atoms. The molecule has 4 aromatic carbocycles. The van der Waals surface area contributed by atoms with Gasteiger partial charge in [-0.1, -0.05) is 36.4 Å². The van der Waals surface area contributed by atoms with Crippen LogP contribution in [0.15, 0.2) is 95.5 Å². The topological polar surface area (TPSA) is 45.7 Å². The summed E-state index contributed by atoms with van der Waals surface area (Å²) in [7, 11) is 1.96. The highest BCUT2D eigenvalue weighted by Gasteiger charge is 2.26. The van der Waals surface area contributed by atoms with Crippen molar-refractivity contribution >= 4 is 43.7 Å². The third-order valence-electron chi connectivity index (χ3n) is 7.27. The molecule has 0 atom stereocenters. The van der Waals surface area contributed by atoms with Crippen LogP contribution in [0.25, 0.3) is 60.7 Å². The average Bonchev–Trinajstić information content (AvgIpc) is 3.46. The number of pyridine rings is 1. The summed E-state index contributed by atoms with van der Waals surface area (Å²) in [5.74, 6) is -0.341. The predicted octanol–water partition coefficient (Wildman–Crippen LogP) is 7.49. The van der Waals surface area contributed by atoms with Crippen LogP contribution in [-0.2, 0) is 7.05 Å². The summed E-state index contributed by atoms with van der Waals surface area (Å²) in [4.78, 5) is 0. The Morgan fingerprint density at radius 2 is 1.51 bits per heavy atom. The zero-order valence-electron chi connectivity index (χ0n) is 20.3. The van der Waals surface area contributed by atoms with Crippen LogP contribution < -0.4 is 4.57 Å². The summed E-state index contributed by atoms with van der Waals surface area (Å²) in [6.07, 6.45) is 1.96. The Kier molecular flexibility index (Phi) is 4.49. The zero-order chi connectivity index (χ0) is 25.3. The normalized spacial score (nSPS) is 11.6. The smallest absolute Gasteiger partial charge is 0.216 e. The van der Waals surface area contributed by atoms with Gasteiger partial charge in [-0.3, -0.25) is 0 Å². The first-order chi connectivity index (χ1) is 18.1. The first-order valence-electron chi connectivity index (χ1n) is 12.1. The van der Waals surface area contributed by atoms with Crippen molar-refractivity contribution in [1.82, 2.24) is 4.57 Å². The molecule has 0 aliphatic rings. The van der Waals surface area contributed by atoms with Crippen molar-refractivity contribution in [2.75, 3.05) is 0 Å². The Morgan fingerprint density at radius 1 is 0.838 bits per heavy atom. The van der Waals surface area contributed by atoms with Crippen LogP contribution in [-0.4, -0.2) is 4.57 Å². The Bertz CT molecular complexity index is 2040.